The number of unbranched alkanes of at least 4 members (excludes halogenated alkanes) is 1. The predicted octanol–water partition coefficient (Wildman–Crippen LogP) is 3.13. The van der Waals surface area contributed by atoms with Crippen molar-refractivity contribution < 1.29 is 4.79 Å². The largest absolute Gasteiger partial charge is 0.298 e. The molecule has 1 atom stereocenters. The molecular formula is C14H27NO. The first-order valence-corrected chi connectivity index (χ1v) is 6.26. The number of rotatable bonds is 8. The summed E-state index contributed by atoms with van der Waals surface area (Å²) in [5.74, 6) is 0.856. The van der Waals surface area contributed by atoms with Gasteiger partial charge in [0.2, 0.25) is 0 Å². The third kappa shape index (κ3) is 4.93. The van der Waals surface area contributed by atoms with Crippen LogP contribution in [0.3, 0.4) is 0 Å². The minimum atomic E-state index is 0.0600. The smallest absolute Gasteiger partial charge is 0.152 e. The molecule has 0 saturated carbocycles. The molecule has 1 unspecified atom stereocenters. The lowest BCUT2D eigenvalue weighted by Crippen LogP contribution is -2.44. The van der Waals surface area contributed by atoms with Crippen LogP contribution in [0.25, 0.3) is 0 Å². The Balaban J connectivity index is 4.40. The lowest BCUT2D eigenvalue weighted by Gasteiger charge is -2.31. The molecule has 0 aliphatic rings. The molecule has 0 bridgehead atoms. The molecule has 0 fully saturated rings. The summed E-state index contributed by atoms with van der Waals surface area (Å²) in [6, 6.07) is 0.0600. The van der Waals surface area contributed by atoms with Crippen LogP contribution in [0.15, 0.2) is 12.7 Å². The lowest BCUT2D eigenvalue weighted by molar-refractivity contribution is -0.128. The topological polar surface area (TPSA) is 20.3 Å². The van der Waals surface area contributed by atoms with Gasteiger partial charge in [0.05, 0.1) is 6.04 Å². The Morgan fingerprint density at radius 2 is 1.88 bits per heavy atom. The summed E-state index contributed by atoms with van der Waals surface area (Å²) < 4.78 is 0. The second-order valence-corrected chi connectivity index (χ2v) is 5.16. The van der Waals surface area contributed by atoms with E-state index in [1.165, 1.54) is 0 Å². The predicted molar refractivity (Wildman–Crippen MR) is 70.5 cm³/mol. The van der Waals surface area contributed by atoms with Crippen LogP contribution in [0, 0.1) is 11.8 Å². The Morgan fingerprint density at radius 1 is 1.31 bits per heavy atom. The molecule has 16 heavy (non-hydrogen) atoms. The maximum absolute atomic E-state index is 12.1. The number of carbonyl (C=O) groups excluding carboxylic acids is 1. The van der Waals surface area contributed by atoms with E-state index in [9.17, 15) is 4.79 Å². The Morgan fingerprint density at radius 3 is 2.25 bits per heavy atom. The van der Waals surface area contributed by atoms with Crippen LogP contribution < -0.4 is 0 Å². The van der Waals surface area contributed by atoms with Crippen LogP contribution in [0.5, 0.6) is 0 Å². The molecule has 0 spiro atoms. The molecule has 0 aliphatic heterocycles. The van der Waals surface area contributed by atoms with Crippen LogP contribution in [0.4, 0.5) is 0 Å². The third-order valence-corrected chi connectivity index (χ3v) is 2.89. The van der Waals surface area contributed by atoms with Gasteiger partial charge in [-0.25, -0.2) is 0 Å². The fourth-order valence-electron chi connectivity index (χ4n) is 2.02. The minimum Gasteiger partial charge on any atom is -0.298 e. The molecule has 0 aromatic heterocycles. The summed E-state index contributed by atoms with van der Waals surface area (Å²) in [4.78, 5) is 14.3. The Kier molecular flexibility index (Phi) is 7.31. The van der Waals surface area contributed by atoms with Crippen LogP contribution >= 0.6 is 0 Å². The normalized spacial score (nSPS) is 13.5. The highest BCUT2D eigenvalue weighted by Gasteiger charge is 2.27. The van der Waals surface area contributed by atoms with Crippen molar-refractivity contribution in [1.29, 1.82) is 0 Å². The van der Waals surface area contributed by atoms with E-state index in [-0.39, 0.29) is 12.0 Å². The minimum absolute atomic E-state index is 0.0600. The Hall–Kier alpha value is -0.630. The molecule has 0 saturated heterocycles. The molecule has 0 rings (SSSR count). The van der Waals surface area contributed by atoms with Crippen molar-refractivity contribution in [2.24, 2.45) is 11.8 Å². The zero-order valence-electron chi connectivity index (χ0n) is 11.5. The molecule has 0 amide bonds. The summed E-state index contributed by atoms with van der Waals surface area (Å²) >= 11 is 0. The highest BCUT2D eigenvalue weighted by atomic mass is 16.1. The third-order valence-electron chi connectivity index (χ3n) is 2.89. The van der Waals surface area contributed by atoms with Crippen molar-refractivity contribution in [1.82, 2.24) is 4.90 Å². The van der Waals surface area contributed by atoms with E-state index in [0.29, 0.717) is 11.7 Å². The number of hydrogen-bond acceptors (Lipinski definition) is 2. The monoisotopic (exact) mass is 225 g/mol. The van der Waals surface area contributed by atoms with E-state index >= 15 is 0 Å². The van der Waals surface area contributed by atoms with Crippen molar-refractivity contribution in [3.63, 3.8) is 0 Å². The average Bonchev–Trinajstić information content (AvgIpc) is 2.17. The van der Waals surface area contributed by atoms with Crippen molar-refractivity contribution in [2.75, 3.05) is 13.6 Å². The quantitative estimate of drug-likeness (QED) is 0.467. The molecule has 0 N–H and O–H groups in total. The van der Waals surface area contributed by atoms with Crippen molar-refractivity contribution in [3.05, 3.63) is 12.7 Å². The molecule has 0 aromatic rings. The van der Waals surface area contributed by atoms with Gasteiger partial charge in [0.15, 0.2) is 5.78 Å². The molecule has 0 radical (unpaired) electrons. The van der Waals surface area contributed by atoms with E-state index in [4.69, 9.17) is 0 Å². The number of hydrogen-bond donors (Lipinski definition) is 0. The van der Waals surface area contributed by atoms with Crippen LogP contribution in [0.1, 0.15) is 40.5 Å². The van der Waals surface area contributed by atoms with Gasteiger partial charge >= 0.3 is 0 Å². The second kappa shape index (κ2) is 7.61. The van der Waals surface area contributed by atoms with Gasteiger partial charge in [0.1, 0.15) is 0 Å². The second-order valence-electron chi connectivity index (χ2n) is 5.16. The van der Waals surface area contributed by atoms with Crippen LogP contribution in [-0.4, -0.2) is 30.3 Å². The standard InChI is InChI=1S/C14H27NO/c1-7-8-9-10-15(6)13(11(2)3)14(16)12(4)5/h7,11-13H,1,8-10H2,2-6H3. The number of allylic oxidation sites excluding steroid dienone is 1. The van der Waals surface area contributed by atoms with E-state index in [1.54, 1.807) is 0 Å². The fourth-order valence-corrected chi connectivity index (χ4v) is 2.02. The maximum Gasteiger partial charge on any atom is 0.152 e. The highest BCUT2D eigenvalue weighted by Crippen LogP contribution is 2.15. The van der Waals surface area contributed by atoms with Gasteiger partial charge in [-0.05, 0) is 32.4 Å². The first-order chi connectivity index (χ1) is 7.41. The molecule has 0 heterocycles. The summed E-state index contributed by atoms with van der Waals surface area (Å²) in [6.07, 6.45) is 4.03. The van der Waals surface area contributed by atoms with Gasteiger partial charge < -0.3 is 0 Å². The van der Waals surface area contributed by atoms with Crippen molar-refractivity contribution in [2.45, 2.75) is 46.6 Å². The number of likely N-dealkylation sites (N-methyl/N-ethyl adjacent to an activating group) is 1. The summed E-state index contributed by atoms with van der Waals surface area (Å²) in [6.45, 7) is 12.9. The molecule has 2 nitrogen and oxygen atoms in total. The zero-order chi connectivity index (χ0) is 12.7. The van der Waals surface area contributed by atoms with Gasteiger partial charge in [-0.3, -0.25) is 9.69 Å². The maximum atomic E-state index is 12.1. The highest BCUT2D eigenvalue weighted by molar-refractivity contribution is 5.85. The van der Waals surface area contributed by atoms with Crippen molar-refractivity contribution >= 4 is 5.78 Å². The van der Waals surface area contributed by atoms with Crippen molar-refractivity contribution in [3.8, 4) is 0 Å². The number of ketones is 1. The van der Waals surface area contributed by atoms with Crippen LogP contribution in [-0.2, 0) is 4.79 Å². The van der Waals surface area contributed by atoms with E-state index in [2.05, 4.69) is 25.3 Å². The molecule has 94 valence electrons. The van der Waals surface area contributed by atoms with Gasteiger partial charge in [0, 0.05) is 5.92 Å². The first kappa shape index (κ1) is 15.4. The van der Waals surface area contributed by atoms with Gasteiger partial charge in [-0.2, -0.15) is 0 Å². The SMILES string of the molecule is C=CCCCN(C)C(C(=O)C(C)C)C(C)C. The number of nitrogens with zero attached hydrogens (tertiary/aromatic N) is 1. The summed E-state index contributed by atoms with van der Waals surface area (Å²) in [5.41, 5.74) is 0. The lowest BCUT2D eigenvalue weighted by atomic mass is 9.92. The zero-order valence-corrected chi connectivity index (χ0v) is 11.5. The van der Waals surface area contributed by atoms with E-state index in [0.717, 1.165) is 19.4 Å². The molecule has 0 aromatic carbocycles. The Labute approximate surface area is 101 Å². The van der Waals surface area contributed by atoms with Crippen LogP contribution in [0.2, 0.25) is 0 Å². The van der Waals surface area contributed by atoms with Gasteiger partial charge in [-0.1, -0.05) is 33.8 Å². The molecular weight excluding hydrogens is 198 g/mol. The molecule has 0 aliphatic carbocycles. The summed E-state index contributed by atoms with van der Waals surface area (Å²) in [7, 11) is 2.05. The number of Topliss-reactive ketones (excluding diaryl/α,β-unsaturated/α-hetero) is 1. The van der Waals surface area contributed by atoms with Gasteiger partial charge in [-0.15, -0.1) is 6.58 Å². The molecule has 2 heteroatoms. The number of carbonyl (C=O) groups is 1. The summed E-state index contributed by atoms with van der Waals surface area (Å²) in [5, 5.41) is 0. The Bertz CT molecular complexity index is 221. The first-order valence-electron chi connectivity index (χ1n) is 6.26. The van der Waals surface area contributed by atoms with E-state index in [1.807, 2.05) is 27.0 Å². The fraction of sp³-hybridized carbons (Fsp3) is 0.786. The average molecular weight is 225 g/mol. The van der Waals surface area contributed by atoms with E-state index < -0.39 is 0 Å². The van der Waals surface area contributed by atoms with Gasteiger partial charge in [0.25, 0.3) is 0 Å².